The Bertz CT molecular complexity index is 711. The summed E-state index contributed by atoms with van der Waals surface area (Å²) in [6.45, 7) is 0.838. The summed E-state index contributed by atoms with van der Waals surface area (Å²) in [5.41, 5.74) is 3.26. The molecule has 2 nitrogen and oxygen atoms in total. The molecule has 0 saturated carbocycles. The minimum absolute atomic E-state index is 0.838. The van der Waals surface area contributed by atoms with E-state index in [1.54, 1.807) is 0 Å². The maximum atomic E-state index is 4.49. The molecule has 0 saturated heterocycles. The van der Waals surface area contributed by atoms with E-state index in [0.717, 1.165) is 22.7 Å². The van der Waals surface area contributed by atoms with Crippen molar-refractivity contribution >= 4 is 12.6 Å². The lowest BCUT2D eigenvalue weighted by atomic mass is 10.1. The van der Waals surface area contributed by atoms with E-state index in [2.05, 4.69) is 52.6 Å². The average molecular weight is 279 g/mol. The first kappa shape index (κ1) is 12.9. The summed E-state index contributed by atoms with van der Waals surface area (Å²) in [7, 11) is 0. The molecule has 0 spiro atoms. The average Bonchev–Trinajstić information content (AvgIpc) is 2.49. The molecule has 2 aromatic carbocycles. The third-order valence-corrected chi connectivity index (χ3v) is 3.54. The monoisotopic (exact) mass is 279 g/mol. The van der Waals surface area contributed by atoms with Crippen LogP contribution in [0.25, 0.3) is 11.3 Å². The van der Waals surface area contributed by atoms with Crippen LogP contribution in [0, 0.1) is 0 Å². The van der Waals surface area contributed by atoms with Crippen LogP contribution in [0.3, 0.4) is 0 Å². The third-order valence-electron chi connectivity index (χ3n) is 3.15. The number of nitrogens with zero attached hydrogens (tertiary/aromatic N) is 2. The summed E-state index contributed by atoms with van der Waals surface area (Å²) in [6.07, 6.45) is 5.87. The molecule has 0 bridgehead atoms. The molecule has 0 aliphatic rings. The van der Waals surface area contributed by atoms with E-state index in [-0.39, 0.29) is 0 Å². The van der Waals surface area contributed by atoms with E-state index in [9.17, 15) is 0 Å². The Balaban J connectivity index is 1.92. The van der Waals surface area contributed by atoms with Gasteiger partial charge in [0.15, 0.2) is 18.9 Å². The summed E-state index contributed by atoms with van der Waals surface area (Å²) in [6, 6.07) is 18.4. The normalized spacial score (nSPS) is 10.4. The molecular formula is C17H15N2S+. The van der Waals surface area contributed by atoms with Gasteiger partial charge in [0.1, 0.15) is 5.69 Å². The molecule has 3 rings (SSSR count). The van der Waals surface area contributed by atoms with E-state index >= 15 is 0 Å². The van der Waals surface area contributed by atoms with Gasteiger partial charge in [-0.2, -0.15) is 4.57 Å². The van der Waals surface area contributed by atoms with Gasteiger partial charge >= 0.3 is 0 Å². The van der Waals surface area contributed by atoms with Crippen LogP contribution in [-0.4, -0.2) is 4.98 Å². The van der Waals surface area contributed by atoms with Gasteiger partial charge in [0.25, 0.3) is 0 Å². The third kappa shape index (κ3) is 2.89. The Morgan fingerprint density at radius 3 is 2.50 bits per heavy atom. The van der Waals surface area contributed by atoms with Crippen LogP contribution in [0.15, 0.2) is 78.1 Å². The van der Waals surface area contributed by atoms with E-state index in [4.69, 9.17) is 0 Å². The van der Waals surface area contributed by atoms with Crippen molar-refractivity contribution in [2.75, 3.05) is 0 Å². The van der Waals surface area contributed by atoms with Gasteiger partial charge in [-0.3, -0.25) is 0 Å². The first-order chi connectivity index (χ1) is 9.83. The minimum atomic E-state index is 0.838. The number of hydrogen-bond acceptors (Lipinski definition) is 2. The largest absolute Gasteiger partial charge is 0.244 e. The van der Waals surface area contributed by atoms with Crippen LogP contribution in [0.2, 0.25) is 0 Å². The van der Waals surface area contributed by atoms with Gasteiger partial charge in [0.2, 0.25) is 0 Å². The van der Waals surface area contributed by atoms with Crippen molar-refractivity contribution in [3.05, 3.63) is 78.8 Å². The van der Waals surface area contributed by atoms with Gasteiger partial charge in [0.05, 0.1) is 6.20 Å². The highest BCUT2D eigenvalue weighted by Crippen LogP contribution is 2.22. The molecule has 3 aromatic rings. The summed E-state index contributed by atoms with van der Waals surface area (Å²) in [4.78, 5) is 5.38. The maximum absolute atomic E-state index is 4.49. The second-order valence-electron chi connectivity index (χ2n) is 4.62. The van der Waals surface area contributed by atoms with E-state index in [0.29, 0.717) is 0 Å². The standard InChI is InChI=1S/C17H14N2S/c20-17-9-5-4-8-15(17)16-13-19(11-10-18-16)12-14-6-2-1-3-7-14/h1-11,13H,12H2/p+1. The summed E-state index contributed by atoms with van der Waals surface area (Å²) >= 11 is 4.49. The van der Waals surface area contributed by atoms with E-state index in [1.807, 2.05) is 42.7 Å². The Morgan fingerprint density at radius 2 is 1.70 bits per heavy atom. The van der Waals surface area contributed by atoms with Crippen molar-refractivity contribution in [1.82, 2.24) is 4.98 Å². The zero-order chi connectivity index (χ0) is 13.8. The SMILES string of the molecule is Sc1ccccc1-c1c[n+](Cc2ccccc2)ccn1. The second kappa shape index (κ2) is 5.88. The lowest BCUT2D eigenvalue weighted by molar-refractivity contribution is -0.688. The molecule has 0 radical (unpaired) electrons. The molecule has 0 N–H and O–H groups in total. The van der Waals surface area contributed by atoms with E-state index in [1.165, 1.54) is 5.56 Å². The fourth-order valence-corrected chi connectivity index (χ4v) is 2.43. The van der Waals surface area contributed by atoms with Crippen molar-refractivity contribution in [2.45, 2.75) is 11.4 Å². The van der Waals surface area contributed by atoms with Crippen LogP contribution in [0.1, 0.15) is 5.56 Å². The van der Waals surface area contributed by atoms with Gasteiger partial charge in [-0.15, -0.1) is 12.6 Å². The quantitative estimate of drug-likeness (QED) is 0.574. The molecule has 1 heterocycles. The molecule has 0 aliphatic heterocycles. The first-order valence-electron chi connectivity index (χ1n) is 6.50. The lowest BCUT2D eigenvalue weighted by Crippen LogP contribution is -2.33. The molecule has 1 aromatic heterocycles. The highest BCUT2D eigenvalue weighted by molar-refractivity contribution is 7.80. The Kier molecular flexibility index (Phi) is 3.79. The number of rotatable bonds is 3. The fourth-order valence-electron chi connectivity index (χ4n) is 2.15. The zero-order valence-electron chi connectivity index (χ0n) is 11.0. The predicted molar refractivity (Wildman–Crippen MR) is 82.7 cm³/mol. The van der Waals surface area contributed by atoms with Crippen LogP contribution in [-0.2, 0) is 6.54 Å². The van der Waals surface area contributed by atoms with Crippen molar-refractivity contribution in [1.29, 1.82) is 0 Å². The molecule has 98 valence electrons. The summed E-state index contributed by atoms with van der Waals surface area (Å²) in [5, 5.41) is 0. The summed E-state index contributed by atoms with van der Waals surface area (Å²) in [5.74, 6) is 0. The molecule has 0 fully saturated rings. The zero-order valence-corrected chi connectivity index (χ0v) is 11.9. The number of aromatic nitrogens is 2. The second-order valence-corrected chi connectivity index (χ2v) is 5.10. The smallest absolute Gasteiger partial charge is 0.195 e. The van der Waals surface area contributed by atoms with E-state index < -0.39 is 0 Å². The predicted octanol–water partition coefficient (Wildman–Crippen LogP) is 3.37. The van der Waals surface area contributed by atoms with Crippen LogP contribution in [0.4, 0.5) is 0 Å². The van der Waals surface area contributed by atoms with Crippen molar-refractivity contribution in [3.8, 4) is 11.3 Å². The number of thiol groups is 1. The molecule has 0 unspecified atom stereocenters. The summed E-state index contributed by atoms with van der Waals surface area (Å²) < 4.78 is 2.14. The Morgan fingerprint density at radius 1 is 0.950 bits per heavy atom. The number of benzene rings is 2. The van der Waals surface area contributed by atoms with Crippen molar-refractivity contribution < 1.29 is 4.57 Å². The van der Waals surface area contributed by atoms with Crippen LogP contribution >= 0.6 is 12.6 Å². The molecule has 0 aliphatic carbocycles. The Labute approximate surface area is 124 Å². The topological polar surface area (TPSA) is 16.8 Å². The maximum Gasteiger partial charge on any atom is 0.195 e. The van der Waals surface area contributed by atoms with Crippen LogP contribution in [0.5, 0.6) is 0 Å². The molecular weight excluding hydrogens is 264 g/mol. The van der Waals surface area contributed by atoms with Crippen LogP contribution < -0.4 is 4.57 Å². The fraction of sp³-hybridized carbons (Fsp3) is 0.0588. The molecule has 3 heteroatoms. The molecule has 0 atom stereocenters. The van der Waals surface area contributed by atoms with Gasteiger partial charge in [-0.25, -0.2) is 4.98 Å². The Hall–Kier alpha value is -2.13. The van der Waals surface area contributed by atoms with Gasteiger partial charge < -0.3 is 0 Å². The molecule has 20 heavy (non-hydrogen) atoms. The van der Waals surface area contributed by atoms with Gasteiger partial charge in [-0.05, 0) is 6.07 Å². The van der Waals surface area contributed by atoms with Crippen molar-refractivity contribution in [3.63, 3.8) is 0 Å². The van der Waals surface area contributed by atoms with Gasteiger partial charge in [0, 0.05) is 16.0 Å². The first-order valence-corrected chi connectivity index (χ1v) is 6.95. The molecule has 0 amide bonds. The minimum Gasteiger partial charge on any atom is -0.244 e. The number of hydrogen-bond donors (Lipinski definition) is 1. The highest BCUT2D eigenvalue weighted by Gasteiger charge is 2.09. The highest BCUT2D eigenvalue weighted by atomic mass is 32.1. The van der Waals surface area contributed by atoms with Gasteiger partial charge in [-0.1, -0.05) is 48.5 Å². The van der Waals surface area contributed by atoms with Crippen molar-refractivity contribution in [2.24, 2.45) is 0 Å². The lowest BCUT2D eigenvalue weighted by Gasteiger charge is -2.03.